The first kappa shape index (κ1) is 19.9. The summed E-state index contributed by atoms with van der Waals surface area (Å²) < 4.78 is 21.0. The van der Waals surface area contributed by atoms with Crippen molar-refractivity contribution in [2.45, 2.75) is 6.54 Å². The van der Waals surface area contributed by atoms with Crippen LogP contribution in [0.15, 0.2) is 36.4 Å². The van der Waals surface area contributed by atoms with Gasteiger partial charge in [-0.05, 0) is 29.8 Å². The largest absolute Gasteiger partial charge is 0.493 e. The molecule has 2 aromatic carbocycles. The van der Waals surface area contributed by atoms with E-state index in [0.717, 1.165) is 5.56 Å². The lowest BCUT2D eigenvalue weighted by atomic mass is 10.2. The summed E-state index contributed by atoms with van der Waals surface area (Å²) in [5, 5.41) is 2.73. The number of carbonyl (C=O) groups is 2. The van der Waals surface area contributed by atoms with Crippen LogP contribution in [0.4, 0.5) is 0 Å². The van der Waals surface area contributed by atoms with E-state index >= 15 is 0 Å². The lowest BCUT2D eigenvalue weighted by Gasteiger charge is -2.14. The van der Waals surface area contributed by atoms with Gasteiger partial charge in [0.05, 0.1) is 26.9 Å². The molecule has 8 nitrogen and oxygen atoms in total. The monoisotopic (exact) mass is 374 g/mol. The third-order valence-corrected chi connectivity index (χ3v) is 3.75. The highest BCUT2D eigenvalue weighted by Crippen LogP contribution is 2.31. The molecule has 0 unspecified atom stereocenters. The predicted octanol–water partition coefficient (Wildman–Crippen LogP) is 1.51. The standard InChI is InChI=1S/C19H22N2O6/c1-24-14-8-7-12(9-16(14)26-3)10-21-17(22)11-27-18-13(19(20)23)5-4-6-15(18)25-2/h4-9H,10-11H2,1-3H3,(H2,20,23)(H,21,22). The quantitative estimate of drug-likeness (QED) is 0.689. The zero-order valence-corrected chi connectivity index (χ0v) is 15.4. The molecule has 2 amide bonds. The van der Waals surface area contributed by atoms with Crippen LogP contribution in [-0.2, 0) is 11.3 Å². The maximum absolute atomic E-state index is 12.1. The Morgan fingerprint density at radius 1 is 0.963 bits per heavy atom. The van der Waals surface area contributed by atoms with E-state index in [1.165, 1.54) is 20.3 Å². The van der Waals surface area contributed by atoms with Gasteiger partial charge >= 0.3 is 0 Å². The fraction of sp³-hybridized carbons (Fsp3) is 0.263. The van der Waals surface area contributed by atoms with Crippen molar-refractivity contribution in [1.82, 2.24) is 5.32 Å². The maximum Gasteiger partial charge on any atom is 0.258 e. The van der Waals surface area contributed by atoms with Crippen LogP contribution in [0.5, 0.6) is 23.0 Å². The Morgan fingerprint density at radius 3 is 2.30 bits per heavy atom. The molecule has 27 heavy (non-hydrogen) atoms. The Bertz CT molecular complexity index is 822. The summed E-state index contributed by atoms with van der Waals surface area (Å²) in [6.45, 7) is -0.0227. The minimum absolute atomic E-state index is 0.133. The number of nitrogens with one attached hydrogen (secondary N) is 1. The summed E-state index contributed by atoms with van der Waals surface area (Å²) >= 11 is 0. The lowest BCUT2D eigenvalue weighted by Crippen LogP contribution is -2.29. The van der Waals surface area contributed by atoms with E-state index in [1.54, 1.807) is 31.4 Å². The second-order valence-electron chi connectivity index (χ2n) is 5.46. The van der Waals surface area contributed by atoms with Gasteiger partial charge in [-0.15, -0.1) is 0 Å². The topological polar surface area (TPSA) is 109 Å². The summed E-state index contributed by atoms with van der Waals surface area (Å²) in [4.78, 5) is 23.6. The molecule has 0 fully saturated rings. The normalized spacial score (nSPS) is 10.0. The number of ether oxygens (including phenoxy) is 4. The fourth-order valence-corrected chi connectivity index (χ4v) is 2.40. The van der Waals surface area contributed by atoms with Crippen LogP contribution in [0, 0.1) is 0 Å². The molecule has 0 atom stereocenters. The van der Waals surface area contributed by atoms with Crippen molar-refractivity contribution >= 4 is 11.8 Å². The first-order valence-electron chi connectivity index (χ1n) is 8.07. The first-order chi connectivity index (χ1) is 13.0. The van der Waals surface area contributed by atoms with Gasteiger partial charge in [0.1, 0.15) is 0 Å². The number of primary amides is 1. The van der Waals surface area contributed by atoms with Crippen LogP contribution in [-0.4, -0.2) is 39.8 Å². The van der Waals surface area contributed by atoms with Gasteiger partial charge in [-0.1, -0.05) is 12.1 Å². The molecule has 0 aromatic heterocycles. The van der Waals surface area contributed by atoms with Gasteiger partial charge < -0.3 is 30.0 Å². The molecular weight excluding hydrogens is 352 g/mol. The minimum atomic E-state index is -0.672. The number of carbonyl (C=O) groups excluding carboxylic acids is 2. The van der Waals surface area contributed by atoms with E-state index in [-0.39, 0.29) is 30.4 Å². The predicted molar refractivity (Wildman–Crippen MR) is 98.4 cm³/mol. The molecule has 0 aliphatic rings. The van der Waals surface area contributed by atoms with Crippen molar-refractivity contribution in [3.8, 4) is 23.0 Å². The number of amides is 2. The van der Waals surface area contributed by atoms with Crippen LogP contribution >= 0.6 is 0 Å². The van der Waals surface area contributed by atoms with Gasteiger partial charge in [-0.25, -0.2) is 0 Å². The second kappa shape index (κ2) is 9.33. The fourth-order valence-electron chi connectivity index (χ4n) is 2.40. The highest BCUT2D eigenvalue weighted by Gasteiger charge is 2.16. The first-order valence-corrected chi connectivity index (χ1v) is 8.07. The number of hydrogen-bond donors (Lipinski definition) is 2. The Hall–Kier alpha value is -3.42. The van der Waals surface area contributed by atoms with Crippen molar-refractivity contribution in [3.05, 3.63) is 47.5 Å². The Kier molecular flexibility index (Phi) is 6.87. The van der Waals surface area contributed by atoms with E-state index < -0.39 is 5.91 Å². The van der Waals surface area contributed by atoms with Crippen LogP contribution in [0.1, 0.15) is 15.9 Å². The Morgan fingerprint density at radius 2 is 1.67 bits per heavy atom. The molecule has 0 aliphatic heterocycles. The number of benzene rings is 2. The number of rotatable bonds is 9. The zero-order valence-electron chi connectivity index (χ0n) is 15.4. The minimum Gasteiger partial charge on any atom is -0.493 e. The van der Waals surface area contributed by atoms with Crippen molar-refractivity contribution in [1.29, 1.82) is 0 Å². The van der Waals surface area contributed by atoms with Crippen LogP contribution in [0.2, 0.25) is 0 Å². The molecule has 0 saturated heterocycles. The SMILES string of the molecule is COc1ccc(CNC(=O)COc2c(OC)cccc2C(N)=O)cc1OC. The van der Waals surface area contributed by atoms with Gasteiger partial charge in [0, 0.05) is 6.54 Å². The molecule has 3 N–H and O–H groups in total. The molecule has 2 rings (SSSR count). The number of methoxy groups -OCH3 is 3. The molecule has 0 aliphatic carbocycles. The highest BCUT2D eigenvalue weighted by molar-refractivity contribution is 5.96. The van der Waals surface area contributed by atoms with E-state index in [0.29, 0.717) is 17.2 Å². The third kappa shape index (κ3) is 5.04. The summed E-state index contributed by atoms with van der Waals surface area (Å²) in [5.74, 6) is 0.584. The second-order valence-corrected chi connectivity index (χ2v) is 5.46. The van der Waals surface area contributed by atoms with Crippen molar-refractivity contribution in [2.75, 3.05) is 27.9 Å². The van der Waals surface area contributed by atoms with Crippen molar-refractivity contribution in [3.63, 3.8) is 0 Å². The van der Waals surface area contributed by atoms with E-state index in [4.69, 9.17) is 24.7 Å². The van der Waals surface area contributed by atoms with Gasteiger partial charge in [-0.3, -0.25) is 9.59 Å². The van der Waals surface area contributed by atoms with Crippen LogP contribution < -0.4 is 30.0 Å². The molecule has 0 saturated carbocycles. The van der Waals surface area contributed by atoms with Crippen LogP contribution in [0.25, 0.3) is 0 Å². The van der Waals surface area contributed by atoms with Crippen LogP contribution in [0.3, 0.4) is 0 Å². The molecular formula is C19H22N2O6. The van der Waals surface area contributed by atoms with E-state index in [2.05, 4.69) is 5.32 Å². The average molecular weight is 374 g/mol. The number of hydrogen-bond acceptors (Lipinski definition) is 6. The molecule has 8 heteroatoms. The van der Waals surface area contributed by atoms with Gasteiger partial charge in [0.25, 0.3) is 11.8 Å². The molecule has 0 radical (unpaired) electrons. The van der Waals surface area contributed by atoms with E-state index in [9.17, 15) is 9.59 Å². The van der Waals surface area contributed by atoms with Crippen molar-refractivity contribution < 1.29 is 28.5 Å². The van der Waals surface area contributed by atoms with E-state index in [1.807, 2.05) is 6.07 Å². The van der Waals surface area contributed by atoms with Gasteiger partial charge in [0.15, 0.2) is 29.6 Å². The Balaban J connectivity index is 1.99. The summed E-state index contributed by atoms with van der Waals surface area (Å²) in [7, 11) is 4.52. The maximum atomic E-state index is 12.1. The molecule has 0 heterocycles. The molecule has 0 bridgehead atoms. The molecule has 0 spiro atoms. The number of para-hydroxylation sites is 1. The van der Waals surface area contributed by atoms with Gasteiger partial charge in [-0.2, -0.15) is 0 Å². The average Bonchev–Trinajstić information content (AvgIpc) is 2.69. The summed E-state index contributed by atoms with van der Waals surface area (Å²) in [6.07, 6.45) is 0. The zero-order chi connectivity index (χ0) is 19.8. The smallest absolute Gasteiger partial charge is 0.258 e. The van der Waals surface area contributed by atoms with Crippen molar-refractivity contribution in [2.24, 2.45) is 5.73 Å². The molecule has 2 aromatic rings. The third-order valence-electron chi connectivity index (χ3n) is 3.75. The summed E-state index contributed by atoms with van der Waals surface area (Å²) in [5.41, 5.74) is 6.30. The lowest BCUT2D eigenvalue weighted by molar-refractivity contribution is -0.123. The highest BCUT2D eigenvalue weighted by atomic mass is 16.5. The molecule has 144 valence electrons. The number of nitrogens with two attached hydrogens (primary N) is 1. The summed E-state index contributed by atoms with van der Waals surface area (Å²) in [6, 6.07) is 10.1. The Labute approximate surface area is 157 Å². The van der Waals surface area contributed by atoms with Gasteiger partial charge in [0.2, 0.25) is 0 Å².